The van der Waals surface area contributed by atoms with Crippen LogP contribution in [0.5, 0.6) is 0 Å². The van der Waals surface area contributed by atoms with Gasteiger partial charge in [-0.25, -0.2) is 17.6 Å². The van der Waals surface area contributed by atoms with E-state index in [2.05, 4.69) is 10.6 Å². The highest BCUT2D eigenvalue weighted by atomic mass is 19.2. The van der Waals surface area contributed by atoms with Gasteiger partial charge in [0, 0.05) is 12.6 Å². The third kappa shape index (κ3) is 2.86. The zero-order valence-corrected chi connectivity index (χ0v) is 9.90. The summed E-state index contributed by atoms with van der Waals surface area (Å²) in [5.74, 6) is -7.55. The van der Waals surface area contributed by atoms with Crippen LogP contribution in [0.2, 0.25) is 0 Å². The van der Waals surface area contributed by atoms with E-state index < -0.39 is 34.7 Å². The first kappa shape index (κ1) is 13.8. The minimum absolute atomic E-state index is 0.0718. The van der Waals surface area contributed by atoms with Gasteiger partial charge in [-0.2, -0.15) is 0 Å². The van der Waals surface area contributed by atoms with Gasteiger partial charge in [-0.05, 0) is 25.4 Å². The topological polar surface area (TPSA) is 41.1 Å². The normalized spacial score (nSPS) is 18.6. The van der Waals surface area contributed by atoms with Gasteiger partial charge < -0.3 is 10.6 Å². The van der Waals surface area contributed by atoms with Crippen molar-refractivity contribution < 1.29 is 22.4 Å². The van der Waals surface area contributed by atoms with E-state index in [1.165, 1.54) is 0 Å². The molecule has 0 aromatic heterocycles. The quantitative estimate of drug-likeness (QED) is 0.650. The number of carbonyl (C=O) groups excluding carboxylic acids is 1. The second-order valence-electron chi connectivity index (χ2n) is 4.41. The van der Waals surface area contributed by atoms with Crippen molar-refractivity contribution in [3.8, 4) is 0 Å². The van der Waals surface area contributed by atoms with E-state index in [0.717, 1.165) is 13.0 Å². The Morgan fingerprint density at radius 2 is 1.89 bits per heavy atom. The SMILES string of the molecule is O=C(NC[C@@H]1CCNC1)c1c(F)c(F)cc(F)c1F. The fourth-order valence-corrected chi connectivity index (χ4v) is 1.99. The lowest BCUT2D eigenvalue weighted by Crippen LogP contribution is -2.32. The van der Waals surface area contributed by atoms with Crippen molar-refractivity contribution in [2.75, 3.05) is 19.6 Å². The minimum Gasteiger partial charge on any atom is -0.352 e. The van der Waals surface area contributed by atoms with Crippen LogP contribution in [0.4, 0.5) is 17.6 Å². The van der Waals surface area contributed by atoms with Crippen LogP contribution in [0.1, 0.15) is 16.8 Å². The number of nitrogens with one attached hydrogen (secondary N) is 2. The maximum Gasteiger partial charge on any atom is 0.257 e. The Hall–Kier alpha value is -1.63. The lowest BCUT2D eigenvalue weighted by atomic mass is 10.1. The number of rotatable bonds is 3. The number of carbonyl (C=O) groups is 1. The van der Waals surface area contributed by atoms with E-state index >= 15 is 0 Å². The summed E-state index contributed by atoms with van der Waals surface area (Å²) in [4.78, 5) is 11.6. The summed E-state index contributed by atoms with van der Waals surface area (Å²) in [7, 11) is 0. The van der Waals surface area contributed by atoms with Gasteiger partial charge in [0.1, 0.15) is 5.56 Å². The average Bonchev–Trinajstić information content (AvgIpc) is 2.87. The summed E-state index contributed by atoms with van der Waals surface area (Å²) < 4.78 is 52.6. The highest BCUT2D eigenvalue weighted by molar-refractivity contribution is 5.94. The van der Waals surface area contributed by atoms with Crippen molar-refractivity contribution >= 4 is 5.91 Å². The Labute approximate surface area is 107 Å². The van der Waals surface area contributed by atoms with Crippen molar-refractivity contribution in [2.45, 2.75) is 6.42 Å². The lowest BCUT2D eigenvalue weighted by molar-refractivity contribution is 0.0937. The van der Waals surface area contributed by atoms with Gasteiger partial charge in [-0.15, -0.1) is 0 Å². The summed E-state index contributed by atoms with van der Waals surface area (Å²) >= 11 is 0. The molecule has 0 bridgehead atoms. The first-order valence-corrected chi connectivity index (χ1v) is 5.82. The standard InChI is InChI=1S/C12H12F4N2O/c13-7-3-8(14)11(16)9(10(7)15)12(19)18-5-6-1-2-17-4-6/h3,6,17H,1-2,4-5H2,(H,18,19)/t6-/m1/s1. The fraction of sp³-hybridized carbons (Fsp3) is 0.417. The van der Waals surface area contributed by atoms with Gasteiger partial charge >= 0.3 is 0 Å². The highest BCUT2D eigenvalue weighted by Crippen LogP contribution is 2.19. The molecule has 1 aliphatic rings. The Morgan fingerprint density at radius 1 is 1.26 bits per heavy atom. The molecule has 1 aliphatic heterocycles. The largest absolute Gasteiger partial charge is 0.352 e. The van der Waals surface area contributed by atoms with Gasteiger partial charge in [0.05, 0.1) is 0 Å². The van der Waals surface area contributed by atoms with Gasteiger partial charge in [0.15, 0.2) is 23.3 Å². The van der Waals surface area contributed by atoms with Crippen molar-refractivity contribution in [2.24, 2.45) is 5.92 Å². The van der Waals surface area contributed by atoms with Crippen molar-refractivity contribution in [1.29, 1.82) is 0 Å². The summed E-state index contributed by atoms with van der Waals surface area (Å²) in [5.41, 5.74) is -1.22. The number of hydrogen-bond acceptors (Lipinski definition) is 2. The maximum atomic E-state index is 13.3. The number of halogens is 4. The van der Waals surface area contributed by atoms with E-state index in [-0.39, 0.29) is 18.5 Å². The summed E-state index contributed by atoms with van der Waals surface area (Å²) in [6, 6.07) is 0.0718. The summed E-state index contributed by atoms with van der Waals surface area (Å²) in [6.45, 7) is 1.68. The Kier molecular flexibility index (Phi) is 4.04. The molecule has 104 valence electrons. The molecule has 0 unspecified atom stereocenters. The second kappa shape index (κ2) is 5.56. The molecule has 7 heteroatoms. The Morgan fingerprint density at radius 3 is 2.42 bits per heavy atom. The zero-order valence-electron chi connectivity index (χ0n) is 9.90. The molecular formula is C12H12F4N2O. The molecule has 3 nitrogen and oxygen atoms in total. The molecule has 2 rings (SSSR count). The molecule has 2 N–H and O–H groups in total. The molecule has 1 aromatic carbocycles. The van der Waals surface area contributed by atoms with Gasteiger partial charge in [-0.3, -0.25) is 4.79 Å². The van der Waals surface area contributed by atoms with Crippen LogP contribution >= 0.6 is 0 Å². The van der Waals surface area contributed by atoms with Gasteiger partial charge in [0.25, 0.3) is 5.91 Å². The molecule has 1 amide bonds. The van der Waals surface area contributed by atoms with Crippen molar-refractivity contribution in [3.05, 3.63) is 34.9 Å². The molecule has 1 fully saturated rings. The minimum atomic E-state index is -1.68. The van der Waals surface area contributed by atoms with Crippen LogP contribution < -0.4 is 10.6 Å². The van der Waals surface area contributed by atoms with Crippen LogP contribution in [0.25, 0.3) is 0 Å². The van der Waals surface area contributed by atoms with E-state index in [1.807, 2.05) is 0 Å². The highest BCUT2D eigenvalue weighted by Gasteiger charge is 2.25. The molecule has 0 saturated carbocycles. The van der Waals surface area contributed by atoms with E-state index in [0.29, 0.717) is 6.54 Å². The van der Waals surface area contributed by atoms with Crippen LogP contribution in [0.15, 0.2) is 6.07 Å². The third-order valence-electron chi connectivity index (χ3n) is 3.05. The summed E-state index contributed by atoms with van der Waals surface area (Å²) in [6.07, 6.45) is 0.822. The lowest BCUT2D eigenvalue weighted by Gasteiger charge is -2.11. The maximum absolute atomic E-state index is 13.3. The predicted octanol–water partition coefficient (Wildman–Crippen LogP) is 1.58. The first-order valence-electron chi connectivity index (χ1n) is 5.82. The molecule has 1 aromatic rings. The number of amides is 1. The molecule has 0 radical (unpaired) electrons. The number of benzene rings is 1. The van der Waals surface area contributed by atoms with Crippen LogP contribution in [-0.4, -0.2) is 25.5 Å². The molecule has 1 heterocycles. The fourth-order valence-electron chi connectivity index (χ4n) is 1.99. The van der Waals surface area contributed by atoms with E-state index in [9.17, 15) is 22.4 Å². The molecule has 0 spiro atoms. The van der Waals surface area contributed by atoms with Crippen LogP contribution in [0, 0.1) is 29.2 Å². The van der Waals surface area contributed by atoms with Gasteiger partial charge in [-0.1, -0.05) is 0 Å². The Bertz CT molecular complexity index is 475. The average molecular weight is 276 g/mol. The third-order valence-corrected chi connectivity index (χ3v) is 3.05. The monoisotopic (exact) mass is 276 g/mol. The zero-order chi connectivity index (χ0) is 14.0. The first-order chi connectivity index (χ1) is 9.00. The van der Waals surface area contributed by atoms with E-state index in [4.69, 9.17) is 0 Å². The molecule has 0 aliphatic carbocycles. The smallest absolute Gasteiger partial charge is 0.257 e. The van der Waals surface area contributed by atoms with Crippen LogP contribution in [0.3, 0.4) is 0 Å². The van der Waals surface area contributed by atoms with Gasteiger partial charge in [0.2, 0.25) is 0 Å². The molecule has 1 atom stereocenters. The van der Waals surface area contributed by atoms with Crippen LogP contribution in [-0.2, 0) is 0 Å². The van der Waals surface area contributed by atoms with Crippen molar-refractivity contribution in [1.82, 2.24) is 10.6 Å². The summed E-state index contributed by atoms with van der Waals surface area (Å²) in [5, 5.41) is 5.34. The molecule has 1 saturated heterocycles. The van der Waals surface area contributed by atoms with Crippen molar-refractivity contribution in [3.63, 3.8) is 0 Å². The molecule has 19 heavy (non-hydrogen) atoms. The number of hydrogen-bond donors (Lipinski definition) is 2. The second-order valence-corrected chi connectivity index (χ2v) is 4.41. The Balaban J connectivity index is 2.14. The predicted molar refractivity (Wildman–Crippen MR) is 59.6 cm³/mol. The molecular weight excluding hydrogens is 264 g/mol. The van der Waals surface area contributed by atoms with E-state index in [1.54, 1.807) is 0 Å².